The highest BCUT2D eigenvalue weighted by Crippen LogP contribution is 2.15. The van der Waals surface area contributed by atoms with Crippen LogP contribution in [0.3, 0.4) is 0 Å². The van der Waals surface area contributed by atoms with Crippen LogP contribution >= 0.6 is 0 Å². The van der Waals surface area contributed by atoms with Gasteiger partial charge in [-0.05, 0) is 31.2 Å². The SMILES string of the molecule is C[C@@H]1CN(C(=O)Cn2nc(-c3ccc(F)cc3)oc2=O)CCO1. The van der Waals surface area contributed by atoms with Crippen LogP contribution in [0.25, 0.3) is 11.5 Å². The number of halogens is 1. The Hall–Kier alpha value is -2.48. The molecule has 8 heteroatoms. The van der Waals surface area contributed by atoms with Gasteiger partial charge in [-0.15, -0.1) is 5.10 Å². The standard InChI is InChI=1S/C15H16FN3O4/c1-10-8-18(6-7-22-10)13(20)9-19-15(21)23-14(17-19)11-2-4-12(16)5-3-11/h2-5,10H,6-9H2,1H3/t10-/m1/s1. The number of carbonyl (C=O) groups excluding carboxylic acids is 1. The van der Waals surface area contributed by atoms with Gasteiger partial charge in [0.25, 0.3) is 0 Å². The minimum atomic E-state index is -0.723. The van der Waals surface area contributed by atoms with Gasteiger partial charge in [-0.2, -0.15) is 4.68 Å². The zero-order chi connectivity index (χ0) is 16.4. The highest BCUT2D eigenvalue weighted by Gasteiger charge is 2.23. The van der Waals surface area contributed by atoms with Gasteiger partial charge < -0.3 is 14.1 Å². The molecule has 1 aliphatic rings. The second kappa shape index (κ2) is 6.33. The van der Waals surface area contributed by atoms with Crippen LogP contribution in [0.5, 0.6) is 0 Å². The van der Waals surface area contributed by atoms with Crippen LogP contribution in [0, 0.1) is 5.82 Å². The van der Waals surface area contributed by atoms with Crippen molar-refractivity contribution in [3.63, 3.8) is 0 Å². The quantitative estimate of drug-likeness (QED) is 0.839. The Morgan fingerprint density at radius 2 is 2.13 bits per heavy atom. The van der Waals surface area contributed by atoms with E-state index in [4.69, 9.17) is 9.15 Å². The number of hydrogen-bond acceptors (Lipinski definition) is 5. The van der Waals surface area contributed by atoms with Gasteiger partial charge in [0, 0.05) is 18.7 Å². The monoisotopic (exact) mass is 321 g/mol. The lowest BCUT2D eigenvalue weighted by molar-refractivity contribution is -0.139. The molecule has 7 nitrogen and oxygen atoms in total. The van der Waals surface area contributed by atoms with Crippen molar-refractivity contribution in [1.82, 2.24) is 14.7 Å². The average molecular weight is 321 g/mol. The first-order valence-electron chi connectivity index (χ1n) is 7.26. The maximum absolute atomic E-state index is 12.9. The minimum Gasteiger partial charge on any atom is -0.388 e. The largest absolute Gasteiger partial charge is 0.437 e. The molecule has 0 N–H and O–H groups in total. The van der Waals surface area contributed by atoms with Crippen molar-refractivity contribution in [3.05, 3.63) is 40.6 Å². The third kappa shape index (κ3) is 3.48. The van der Waals surface area contributed by atoms with E-state index in [1.807, 2.05) is 6.92 Å². The van der Waals surface area contributed by atoms with Gasteiger partial charge in [0.1, 0.15) is 12.4 Å². The molecule has 2 aromatic rings. The minimum absolute atomic E-state index is 0.0310. The Morgan fingerprint density at radius 1 is 1.39 bits per heavy atom. The van der Waals surface area contributed by atoms with Gasteiger partial charge in [0.15, 0.2) is 0 Å². The van der Waals surface area contributed by atoms with E-state index < -0.39 is 11.6 Å². The van der Waals surface area contributed by atoms with Crippen LogP contribution < -0.4 is 5.76 Å². The van der Waals surface area contributed by atoms with Crippen LogP contribution in [-0.4, -0.2) is 46.4 Å². The van der Waals surface area contributed by atoms with Gasteiger partial charge in [-0.3, -0.25) is 4.79 Å². The van der Waals surface area contributed by atoms with Crippen LogP contribution in [0.15, 0.2) is 33.5 Å². The molecule has 1 atom stereocenters. The molecule has 0 radical (unpaired) electrons. The number of aromatic nitrogens is 2. The summed E-state index contributed by atoms with van der Waals surface area (Å²) in [6.45, 7) is 3.13. The van der Waals surface area contributed by atoms with E-state index in [1.165, 1.54) is 24.3 Å². The molecule has 1 aliphatic heterocycles. The maximum Gasteiger partial charge on any atom is 0.437 e. The Bertz CT molecular complexity index is 753. The number of carbonyl (C=O) groups is 1. The Morgan fingerprint density at radius 3 is 2.83 bits per heavy atom. The molecule has 2 heterocycles. The van der Waals surface area contributed by atoms with Crippen molar-refractivity contribution >= 4 is 5.91 Å². The molecule has 3 rings (SSSR count). The molecule has 0 unspecified atom stereocenters. The first kappa shape index (κ1) is 15.4. The number of morpholine rings is 1. The summed E-state index contributed by atoms with van der Waals surface area (Å²) < 4.78 is 24.3. The highest BCUT2D eigenvalue weighted by molar-refractivity contribution is 5.76. The van der Waals surface area contributed by atoms with Crippen LogP contribution in [0.2, 0.25) is 0 Å². The normalized spacial score (nSPS) is 18.2. The molecule has 1 aromatic heterocycles. The summed E-state index contributed by atoms with van der Waals surface area (Å²) in [5, 5.41) is 4.00. The Kier molecular flexibility index (Phi) is 4.24. The first-order valence-corrected chi connectivity index (χ1v) is 7.26. The zero-order valence-corrected chi connectivity index (χ0v) is 12.6. The van der Waals surface area contributed by atoms with Gasteiger partial charge in [0.2, 0.25) is 11.8 Å². The lowest BCUT2D eigenvalue weighted by Gasteiger charge is -2.30. The molecule has 23 heavy (non-hydrogen) atoms. The van der Waals surface area contributed by atoms with Crippen molar-refractivity contribution in [2.75, 3.05) is 19.7 Å². The summed E-state index contributed by atoms with van der Waals surface area (Å²) in [7, 11) is 0. The van der Waals surface area contributed by atoms with Crippen molar-refractivity contribution in [3.8, 4) is 11.5 Å². The number of benzene rings is 1. The summed E-state index contributed by atoms with van der Waals surface area (Å²) in [5.74, 6) is -1.29. The number of nitrogens with zero attached hydrogens (tertiary/aromatic N) is 3. The predicted molar refractivity (Wildman–Crippen MR) is 78.2 cm³/mol. The van der Waals surface area contributed by atoms with Crippen LogP contribution in [0.4, 0.5) is 4.39 Å². The van der Waals surface area contributed by atoms with Gasteiger partial charge in [-0.25, -0.2) is 9.18 Å². The third-order valence-corrected chi connectivity index (χ3v) is 3.58. The van der Waals surface area contributed by atoms with Gasteiger partial charge in [-0.1, -0.05) is 0 Å². The lowest BCUT2D eigenvalue weighted by Crippen LogP contribution is -2.46. The van der Waals surface area contributed by atoms with E-state index in [-0.39, 0.29) is 24.4 Å². The Balaban J connectivity index is 1.75. The lowest BCUT2D eigenvalue weighted by atomic mass is 10.2. The molecular formula is C15H16FN3O4. The second-order valence-corrected chi connectivity index (χ2v) is 5.36. The molecule has 0 saturated carbocycles. The molecule has 0 bridgehead atoms. The van der Waals surface area contributed by atoms with Crippen LogP contribution in [-0.2, 0) is 16.1 Å². The second-order valence-electron chi connectivity index (χ2n) is 5.36. The summed E-state index contributed by atoms with van der Waals surface area (Å²) in [6, 6.07) is 5.40. The average Bonchev–Trinajstić information content (AvgIpc) is 2.89. The molecule has 1 saturated heterocycles. The molecule has 122 valence electrons. The Labute approximate surface area is 131 Å². The van der Waals surface area contributed by atoms with E-state index >= 15 is 0 Å². The van der Waals surface area contributed by atoms with Gasteiger partial charge >= 0.3 is 5.76 Å². The van der Waals surface area contributed by atoms with Crippen molar-refractivity contribution < 1.29 is 18.3 Å². The van der Waals surface area contributed by atoms with E-state index in [1.54, 1.807) is 4.90 Å². The van der Waals surface area contributed by atoms with E-state index in [0.29, 0.717) is 25.3 Å². The predicted octanol–water partition coefficient (Wildman–Crippen LogP) is 0.890. The highest BCUT2D eigenvalue weighted by atomic mass is 19.1. The topological polar surface area (TPSA) is 77.6 Å². The fraction of sp³-hybridized carbons (Fsp3) is 0.400. The zero-order valence-electron chi connectivity index (χ0n) is 12.6. The molecule has 1 fully saturated rings. The molecule has 0 spiro atoms. The molecule has 1 amide bonds. The fourth-order valence-electron chi connectivity index (χ4n) is 2.39. The molecular weight excluding hydrogens is 305 g/mol. The smallest absolute Gasteiger partial charge is 0.388 e. The van der Waals surface area contributed by atoms with Crippen LogP contribution in [0.1, 0.15) is 6.92 Å². The van der Waals surface area contributed by atoms with Crippen molar-refractivity contribution in [2.45, 2.75) is 19.6 Å². The van der Waals surface area contributed by atoms with Crippen molar-refractivity contribution in [2.24, 2.45) is 0 Å². The number of ether oxygens (including phenoxy) is 1. The van der Waals surface area contributed by atoms with E-state index in [9.17, 15) is 14.0 Å². The summed E-state index contributed by atoms with van der Waals surface area (Å²) >= 11 is 0. The van der Waals surface area contributed by atoms with E-state index in [2.05, 4.69) is 5.10 Å². The summed E-state index contributed by atoms with van der Waals surface area (Å²) in [4.78, 5) is 25.7. The number of rotatable bonds is 3. The van der Waals surface area contributed by atoms with Gasteiger partial charge in [0.05, 0.1) is 12.7 Å². The summed E-state index contributed by atoms with van der Waals surface area (Å²) in [6.07, 6.45) is -0.0310. The third-order valence-electron chi connectivity index (χ3n) is 3.58. The maximum atomic E-state index is 12.9. The first-order chi connectivity index (χ1) is 11.0. The van der Waals surface area contributed by atoms with Crippen molar-refractivity contribution in [1.29, 1.82) is 0 Å². The molecule has 1 aromatic carbocycles. The van der Waals surface area contributed by atoms with E-state index in [0.717, 1.165) is 4.68 Å². The molecule has 0 aliphatic carbocycles. The number of amides is 1. The number of hydrogen-bond donors (Lipinski definition) is 0. The summed E-state index contributed by atoms with van der Waals surface area (Å²) in [5.41, 5.74) is 0.467. The fourth-order valence-corrected chi connectivity index (χ4v) is 2.39.